The number of anilines is 1. The predicted molar refractivity (Wildman–Crippen MR) is 99.9 cm³/mol. The van der Waals surface area contributed by atoms with Crippen LogP contribution in [0.1, 0.15) is 53.3 Å². The van der Waals surface area contributed by atoms with Crippen molar-refractivity contribution in [2.24, 2.45) is 5.92 Å². The molecular weight excluding hydrogens is 326 g/mol. The highest BCUT2D eigenvalue weighted by Crippen LogP contribution is 2.41. The highest BCUT2D eigenvalue weighted by Gasteiger charge is 2.35. The van der Waals surface area contributed by atoms with Crippen LogP contribution in [0, 0.1) is 12.8 Å². The summed E-state index contributed by atoms with van der Waals surface area (Å²) in [5.41, 5.74) is 3.54. The first-order valence-electron chi connectivity index (χ1n) is 9.26. The normalized spacial score (nSPS) is 18.0. The molecule has 2 aromatic rings. The van der Waals surface area contributed by atoms with E-state index in [2.05, 4.69) is 10.3 Å². The summed E-state index contributed by atoms with van der Waals surface area (Å²) in [7, 11) is 0. The average molecular weight is 349 g/mol. The first kappa shape index (κ1) is 16.8. The summed E-state index contributed by atoms with van der Waals surface area (Å²) in [4.78, 5) is 30.9. The first-order valence-corrected chi connectivity index (χ1v) is 9.26. The van der Waals surface area contributed by atoms with Crippen molar-refractivity contribution >= 4 is 17.5 Å². The zero-order valence-corrected chi connectivity index (χ0v) is 14.9. The van der Waals surface area contributed by atoms with E-state index in [4.69, 9.17) is 0 Å². The number of benzene rings is 1. The van der Waals surface area contributed by atoms with Crippen molar-refractivity contribution in [3.8, 4) is 0 Å². The molecule has 5 heteroatoms. The highest BCUT2D eigenvalue weighted by atomic mass is 16.2. The van der Waals surface area contributed by atoms with Gasteiger partial charge in [-0.25, -0.2) is 0 Å². The molecule has 1 aromatic heterocycles. The summed E-state index contributed by atoms with van der Waals surface area (Å²) >= 11 is 0. The van der Waals surface area contributed by atoms with Crippen molar-refractivity contribution in [1.82, 2.24) is 10.3 Å². The second-order valence-electron chi connectivity index (χ2n) is 7.19. The maximum absolute atomic E-state index is 12.7. The Morgan fingerprint density at radius 1 is 1.23 bits per heavy atom. The van der Waals surface area contributed by atoms with Crippen molar-refractivity contribution < 1.29 is 9.59 Å². The lowest BCUT2D eigenvalue weighted by atomic mass is 10.0. The third-order valence-corrected chi connectivity index (χ3v) is 5.24. The average Bonchev–Trinajstić information content (AvgIpc) is 3.41. The molecule has 134 valence electrons. The Morgan fingerprint density at radius 3 is 2.62 bits per heavy atom. The third-order valence-electron chi connectivity index (χ3n) is 5.24. The van der Waals surface area contributed by atoms with Gasteiger partial charge >= 0.3 is 0 Å². The molecule has 26 heavy (non-hydrogen) atoms. The van der Waals surface area contributed by atoms with E-state index in [0.29, 0.717) is 17.9 Å². The number of nitrogens with one attached hydrogen (secondary N) is 1. The van der Waals surface area contributed by atoms with Crippen molar-refractivity contribution in [2.75, 3.05) is 11.4 Å². The van der Waals surface area contributed by atoms with Crippen molar-refractivity contribution in [2.45, 2.75) is 38.6 Å². The summed E-state index contributed by atoms with van der Waals surface area (Å²) in [6, 6.07) is 11.2. The van der Waals surface area contributed by atoms with Gasteiger partial charge in [0, 0.05) is 30.4 Å². The lowest BCUT2D eigenvalue weighted by Gasteiger charge is -2.20. The van der Waals surface area contributed by atoms with E-state index >= 15 is 0 Å². The van der Waals surface area contributed by atoms with E-state index in [0.717, 1.165) is 42.8 Å². The number of carbonyl (C=O) groups excluding carboxylic acids is 2. The summed E-state index contributed by atoms with van der Waals surface area (Å²) in [5.74, 6) is 0.530. The lowest BCUT2D eigenvalue weighted by molar-refractivity contribution is -0.117. The van der Waals surface area contributed by atoms with E-state index in [1.807, 2.05) is 31.2 Å². The zero-order chi connectivity index (χ0) is 18.1. The Labute approximate surface area is 153 Å². The third kappa shape index (κ3) is 3.34. The number of pyridine rings is 1. The molecule has 1 N–H and O–H groups in total. The molecule has 0 unspecified atom stereocenters. The molecule has 5 nitrogen and oxygen atoms in total. The predicted octanol–water partition coefficient (Wildman–Crippen LogP) is 3.40. The van der Waals surface area contributed by atoms with Crippen LogP contribution in [0.3, 0.4) is 0 Å². The molecule has 1 saturated heterocycles. The van der Waals surface area contributed by atoms with Crippen LogP contribution in [0.2, 0.25) is 0 Å². The molecular formula is C21H23N3O2. The molecule has 0 spiro atoms. The number of aromatic nitrogens is 1. The second kappa shape index (κ2) is 6.90. The van der Waals surface area contributed by atoms with Gasteiger partial charge in [0.15, 0.2) is 0 Å². The number of hydrogen-bond donors (Lipinski definition) is 1. The van der Waals surface area contributed by atoms with E-state index in [1.54, 1.807) is 23.2 Å². The Hall–Kier alpha value is -2.69. The fourth-order valence-electron chi connectivity index (χ4n) is 3.60. The number of nitrogens with zero attached hydrogens (tertiary/aromatic N) is 2. The first-order chi connectivity index (χ1) is 12.6. The van der Waals surface area contributed by atoms with E-state index in [1.165, 1.54) is 0 Å². The largest absolute Gasteiger partial charge is 0.343 e. The van der Waals surface area contributed by atoms with Gasteiger partial charge in [-0.15, -0.1) is 0 Å². The van der Waals surface area contributed by atoms with Crippen LogP contribution in [0.15, 0.2) is 42.6 Å². The Bertz CT molecular complexity index is 827. The standard InChI is InChI=1S/C21H23N3O2/c1-14-4-2-12-22-19(14)20(15-6-7-15)23-21(26)16-8-10-17(11-9-16)24-13-3-5-18(24)25/h2,4,8-12,15,20H,3,5-7,13H2,1H3,(H,23,26)/t20-/m1/s1. The van der Waals surface area contributed by atoms with Crippen molar-refractivity contribution in [3.05, 3.63) is 59.4 Å². The molecule has 1 aromatic carbocycles. The van der Waals surface area contributed by atoms with Crippen LogP contribution in [0.5, 0.6) is 0 Å². The van der Waals surface area contributed by atoms with E-state index in [-0.39, 0.29) is 17.9 Å². The molecule has 2 fully saturated rings. The molecule has 2 aliphatic rings. The molecule has 1 atom stereocenters. The Balaban J connectivity index is 1.50. The Morgan fingerprint density at radius 2 is 2.00 bits per heavy atom. The molecule has 1 aliphatic carbocycles. The van der Waals surface area contributed by atoms with Crippen LogP contribution < -0.4 is 10.2 Å². The fraction of sp³-hybridized carbons (Fsp3) is 0.381. The second-order valence-corrected chi connectivity index (χ2v) is 7.19. The minimum atomic E-state index is -0.0914. The summed E-state index contributed by atoms with van der Waals surface area (Å²) in [6.45, 7) is 2.79. The van der Waals surface area contributed by atoms with Gasteiger partial charge < -0.3 is 10.2 Å². The number of hydrogen-bond acceptors (Lipinski definition) is 3. The van der Waals surface area contributed by atoms with Gasteiger partial charge in [0.1, 0.15) is 0 Å². The quantitative estimate of drug-likeness (QED) is 0.900. The Kier molecular flexibility index (Phi) is 4.45. The monoisotopic (exact) mass is 349 g/mol. The topological polar surface area (TPSA) is 62.3 Å². The molecule has 0 bridgehead atoms. The molecule has 1 aliphatic heterocycles. The van der Waals surface area contributed by atoms with Gasteiger partial charge in [0.2, 0.25) is 5.91 Å². The van der Waals surface area contributed by atoms with E-state index in [9.17, 15) is 9.59 Å². The van der Waals surface area contributed by atoms with Crippen LogP contribution in [-0.2, 0) is 4.79 Å². The van der Waals surface area contributed by atoms with Crippen LogP contribution >= 0.6 is 0 Å². The van der Waals surface area contributed by atoms with Gasteiger partial charge in [-0.2, -0.15) is 0 Å². The van der Waals surface area contributed by atoms with Gasteiger partial charge in [0.05, 0.1) is 11.7 Å². The molecule has 1 saturated carbocycles. The van der Waals surface area contributed by atoms with Crippen molar-refractivity contribution in [3.63, 3.8) is 0 Å². The van der Waals surface area contributed by atoms with Crippen LogP contribution in [-0.4, -0.2) is 23.3 Å². The molecule has 2 heterocycles. The molecule has 2 amide bonds. The molecule has 4 rings (SSSR count). The minimum absolute atomic E-state index is 0.0384. The van der Waals surface area contributed by atoms with Gasteiger partial charge in [-0.1, -0.05) is 6.07 Å². The van der Waals surface area contributed by atoms with Crippen molar-refractivity contribution in [1.29, 1.82) is 0 Å². The number of carbonyl (C=O) groups is 2. The number of aryl methyl sites for hydroxylation is 1. The smallest absolute Gasteiger partial charge is 0.251 e. The van der Waals surface area contributed by atoms with Gasteiger partial charge in [-0.3, -0.25) is 14.6 Å². The highest BCUT2D eigenvalue weighted by molar-refractivity contribution is 5.97. The number of rotatable bonds is 5. The SMILES string of the molecule is Cc1cccnc1[C@H](NC(=O)c1ccc(N2CCCC2=O)cc1)C1CC1. The van der Waals surface area contributed by atoms with Crippen LogP contribution in [0.25, 0.3) is 0 Å². The minimum Gasteiger partial charge on any atom is -0.343 e. The van der Waals surface area contributed by atoms with E-state index < -0.39 is 0 Å². The molecule has 0 radical (unpaired) electrons. The van der Waals surface area contributed by atoms with Gasteiger partial charge in [0.25, 0.3) is 5.91 Å². The summed E-state index contributed by atoms with van der Waals surface area (Å²) < 4.78 is 0. The maximum atomic E-state index is 12.7. The van der Waals surface area contributed by atoms with Crippen LogP contribution in [0.4, 0.5) is 5.69 Å². The zero-order valence-electron chi connectivity index (χ0n) is 14.9. The number of amides is 2. The summed E-state index contributed by atoms with van der Waals surface area (Å²) in [6.07, 6.45) is 5.53. The maximum Gasteiger partial charge on any atom is 0.251 e. The summed E-state index contributed by atoms with van der Waals surface area (Å²) in [5, 5.41) is 3.17. The van der Waals surface area contributed by atoms with Gasteiger partial charge in [-0.05, 0) is 68.0 Å². The fourth-order valence-corrected chi connectivity index (χ4v) is 3.60. The lowest BCUT2D eigenvalue weighted by Crippen LogP contribution is -2.31.